The summed E-state index contributed by atoms with van der Waals surface area (Å²) in [5, 5.41) is 5.81. The second-order valence-electron chi connectivity index (χ2n) is 5.72. The number of carbonyl (C=O) groups is 2. The smallest absolute Gasteiger partial charge is 0.234 e. The molecule has 3 rings (SSSR count). The minimum absolute atomic E-state index is 0.115. The topological polar surface area (TPSA) is 58.2 Å². The van der Waals surface area contributed by atoms with Crippen LogP contribution in [0.5, 0.6) is 0 Å². The summed E-state index contributed by atoms with van der Waals surface area (Å²) in [5.74, 6) is 0.000960. The first kappa shape index (κ1) is 12.6. The number of imide groups is 1. The molecule has 0 spiro atoms. The molecular formula is C15H20N2O2. The molecule has 2 N–H and O–H groups in total. The lowest BCUT2D eigenvalue weighted by Gasteiger charge is -2.25. The molecule has 102 valence electrons. The van der Waals surface area contributed by atoms with Gasteiger partial charge in [-0.2, -0.15) is 0 Å². The number of amides is 2. The van der Waals surface area contributed by atoms with Crippen LogP contribution in [0.3, 0.4) is 0 Å². The first-order chi connectivity index (χ1) is 9.25. The van der Waals surface area contributed by atoms with E-state index < -0.39 is 0 Å². The predicted octanol–water partition coefficient (Wildman–Crippen LogP) is 1.15. The van der Waals surface area contributed by atoms with E-state index in [1.165, 1.54) is 12.8 Å². The molecule has 2 atom stereocenters. The van der Waals surface area contributed by atoms with Gasteiger partial charge >= 0.3 is 0 Å². The molecule has 4 heteroatoms. The van der Waals surface area contributed by atoms with Crippen molar-refractivity contribution in [2.24, 2.45) is 17.8 Å². The standard InChI is InChI=1S/C15H20N2O2/c18-14-12-3-1-2-11(13(12)15(19)17-14)5-4-10-6-8-16-9-7-10/h1-3,10,12-13,16H,4-9H2,(H,17,18,19). The molecule has 0 bridgehead atoms. The Morgan fingerprint density at radius 2 is 1.95 bits per heavy atom. The number of hydrogen-bond donors (Lipinski definition) is 2. The Morgan fingerprint density at radius 3 is 2.74 bits per heavy atom. The van der Waals surface area contributed by atoms with Crippen LogP contribution in [0.4, 0.5) is 0 Å². The van der Waals surface area contributed by atoms with Crippen LogP contribution in [0.25, 0.3) is 0 Å². The molecule has 0 radical (unpaired) electrons. The van der Waals surface area contributed by atoms with Gasteiger partial charge in [0.2, 0.25) is 11.8 Å². The third kappa shape index (κ3) is 2.50. The molecule has 2 saturated heterocycles. The number of allylic oxidation sites excluding steroid dienone is 2. The van der Waals surface area contributed by atoms with Gasteiger partial charge in [-0.3, -0.25) is 14.9 Å². The van der Waals surface area contributed by atoms with Crippen LogP contribution >= 0.6 is 0 Å². The van der Waals surface area contributed by atoms with E-state index in [1.54, 1.807) is 0 Å². The van der Waals surface area contributed by atoms with Gasteiger partial charge in [0.1, 0.15) is 0 Å². The molecule has 2 amide bonds. The highest BCUT2D eigenvalue weighted by Crippen LogP contribution is 2.34. The highest BCUT2D eigenvalue weighted by Gasteiger charge is 2.42. The van der Waals surface area contributed by atoms with Crippen LogP contribution in [-0.2, 0) is 9.59 Å². The summed E-state index contributed by atoms with van der Waals surface area (Å²) < 4.78 is 0. The van der Waals surface area contributed by atoms with Gasteiger partial charge in [0.05, 0.1) is 11.8 Å². The molecule has 19 heavy (non-hydrogen) atoms. The summed E-state index contributed by atoms with van der Waals surface area (Å²) in [5.41, 5.74) is 1.13. The van der Waals surface area contributed by atoms with E-state index in [9.17, 15) is 9.59 Å². The molecule has 3 aliphatic rings. The average Bonchev–Trinajstić information content (AvgIpc) is 2.74. The molecule has 2 fully saturated rings. The molecule has 2 heterocycles. The third-order valence-corrected chi connectivity index (χ3v) is 4.52. The minimum atomic E-state index is -0.263. The van der Waals surface area contributed by atoms with Gasteiger partial charge in [-0.15, -0.1) is 0 Å². The summed E-state index contributed by atoms with van der Waals surface area (Å²) in [6.45, 7) is 2.21. The molecule has 0 aromatic rings. The highest BCUT2D eigenvalue weighted by molar-refractivity contribution is 6.07. The quantitative estimate of drug-likeness (QED) is 0.748. The molecule has 4 nitrogen and oxygen atoms in total. The molecule has 0 aromatic carbocycles. The Bertz CT molecular complexity index is 447. The fraction of sp³-hybridized carbons (Fsp3) is 0.600. The zero-order valence-electron chi connectivity index (χ0n) is 11.0. The Labute approximate surface area is 113 Å². The molecule has 2 aliphatic heterocycles. The van der Waals surface area contributed by atoms with Crippen molar-refractivity contribution in [1.82, 2.24) is 10.6 Å². The van der Waals surface area contributed by atoms with Gasteiger partial charge in [0, 0.05) is 0 Å². The van der Waals surface area contributed by atoms with E-state index in [0.29, 0.717) is 0 Å². The summed E-state index contributed by atoms with van der Waals surface area (Å²) >= 11 is 0. The average molecular weight is 260 g/mol. The lowest BCUT2D eigenvalue weighted by molar-refractivity contribution is -0.125. The van der Waals surface area contributed by atoms with Crippen molar-refractivity contribution in [2.75, 3.05) is 13.1 Å². The van der Waals surface area contributed by atoms with Gasteiger partial charge < -0.3 is 5.32 Å². The van der Waals surface area contributed by atoms with E-state index >= 15 is 0 Å². The molecule has 2 unspecified atom stereocenters. The first-order valence-electron chi connectivity index (χ1n) is 7.18. The number of nitrogens with one attached hydrogen (secondary N) is 2. The molecule has 0 aromatic heterocycles. The van der Waals surface area contributed by atoms with E-state index in [1.807, 2.05) is 18.2 Å². The number of carbonyl (C=O) groups excluding carboxylic acids is 2. The summed E-state index contributed by atoms with van der Waals surface area (Å²) in [7, 11) is 0. The third-order valence-electron chi connectivity index (χ3n) is 4.52. The monoisotopic (exact) mass is 260 g/mol. The minimum Gasteiger partial charge on any atom is -0.317 e. The Morgan fingerprint density at radius 1 is 1.16 bits per heavy atom. The van der Waals surface area contributed by atoms with Gasteiger partial charge in [-0.25, -0.2) is 0 Å². The number of rotatable bonds is 3. The fourth-order valence-electron chi connectivity index (χ4n) is 3.38. The SMILES string of the molecule is O=C1NC(=O)C2C(CCC3CCNCC3)=CC=CC12. The highest BCUT2D eigenvalue weighted by atomic mass is 16.2. The van der Waals surface area contributed by atoms with Crippen molar-refractivity contribution in [3.63, 3.8) is 0 Å². The van der Waals surface area contributed by atoms with Crippen molar-refractivity contribution in [3.05, 3.63) is 23.8 Å². The van der Waals surface area contributed by atoms with E-state index in [2.05, 4.69) is 10.6 Å². The van der Waals surface area contributed by atoms with Crippen LogP contribution in [0.2, 0.25) is 0 Å². The van der Waals surface area contributed by atoms with Crippen molar-refractivity contribution < 1.29 is 9.59 Å². The second-order valence-corrected chi connectivity index (χ2v) is 5.72. The Kier molecular flexibility index (Phi) is 3.51. The largest absolute Gasteiger partial charge is 0.317 e. The van der Waals surface area contributed by atoms with Crippen molar-refractivity contribution in [3.8, 4) is 0 Å². The van der Waals surface area contributed by atoms with E-state index in [-0.39, 0.29) is 23.7 Å². The number of piperidine rings is 1. The molecule has 1 aliphatic carbocycles. The van der Waals surface area contributed by atoms with Crippen molar-refractivity contribution in [2.45, 2.75) is 25.7 Å². The van der Waals surface area contributed by atoms with Crippen molar-refractivity contribution >= 4 is 11.8 Å². The van der Waals surface area contributed by atoms with Gasteiger partial charge in [-0.05, 0) is 44.7 Å². The van der Waals surface area contributed by atoms with E-state index in [4.69, 9.17) is 0 Å². The van der Waals surface area contributed by atoms with Crippen LogP contribution in [0.15, 0.2) is 23.8 Å². The summed E-state index contributed by atoms with van der Waals surface area (Å²) in [6, 6.07) is 0. The number of fused-ring (bicyclic) bond motifs is 1. The Balaban J connectivity index is 1.63. The van der Waals surface area contributed by atoms with Crippen molar-refractivity contribution in [1.29, 1.82) is 0 Å². The van der Waals surface area contributed by atoms with Crippen LogP contribution < -0.4 is 10.6 Å². The normalized spacial score (nSPS) is 31.1. The lowest BCUT2D eigenvalue weighted by Crippen LogP contribution is -2.28. The van der Waals surface area contributed by atoms with Gasteiger partial charge in [0.15, 0.2) is 0 Å². The molecule has 0 saturated carbocycles. The zero-order valence-corrected chi connectivity index (χ0v) is 11.0. The summed E-state index contributed by atoms with van der Waals surface area (Å²) in [6.07, 6.45) is 10.3. The van der Waals surface area contributed by atoms with Gasteiger partial charge in [0.25, 0.3) is 0 Å². The van der Waals surface area contributed by atoms with Crippen LogP contribution in [0.1, 0.15) is 25.7 Å². The maximum Gasteiger partial charge on any atom is 0.234 e. The van der Waals surface area contributed by atoms with Crippen LogP contribution in [-0.4, -0.2) is 24.9 Å². The van der Waals surface area contributed by atoms with Crippen LogP contribution in [0, 0.1) is 17.8 Å². The number of hydrogen-bond acceptors (Lipinski definition) is 3. The maximum absolute atomic E-state index is 11.9. The molecular weight excluding hydrogens is 240 g/mol. The first-order valence-corrected chi connectivity index (χ1v) is 7.18. The van der Waals surface area contributed by atoms with Gasteiger partial charge in [-0.1, -0.05) is 23.8 Å². The van der Waals surface area contributed by atoms with E-state index in [0.717, 1.165) is 37.4 Å². The maximum atomic E-state index is 11.9. The lowest BCUT2D eigenvalue weighted by atomic mass is 9.80. The second kappa shape index (κ2) is 5.29. The predicted molar refractivity (Wildman–Crippen MR) is 72.2 cm³/mol. The fourth-order valence-corrected chi connectivity index (χ4v) is 3.38. The summed E-state index contributed by atoms with van der Waals surface area (Å²) in [4.78, 5) is 23.5. The zero-order chi connectivity index (χ0) is 13.2. The Hall–Kier alpha value is -1.42.